The summed E-state index contributed by atoms with van der Waals surface area (Å²) in [5.74, 6) is 0. The summed E-state index contributed by atoms with van der Waals surface area (Å²) < 4.78 is 0. The molecule has 42 valence electrons. The van der Waals surface area contributed by atoms with E-state index in [0.717, 1.165) is 0 Å². The Morgan fingerprint density at radius 1 is 0.857 bits per heavy atom. The van der Waals surface area contributed by atoms with Crippen LogP contribution in [-0.4, -0.2) is 0 Å². The summed E-state index contributed by atoms with van der Waals surface area (Å²) >= 11 is 0. The van der Waals surface area contributed by atoms with Crippen molar-refractivity contribution in [2.24, 2.45) is 0 Å². The molecule has 0 aromatic rings. The first-order chi connectivity index (χ1) is 3.00. The molecule has 1 aliphatic rings. The predicted molar refractivity (Wildman–Crippen MR) is 34.9 cm³/mol. The molecule has 0 heterocycles. The van der Waals surface area contributed by atoms with Gasteiger partial charge in [0.1, 0.15) is 0 Å². The molecule has 1 heteroatoms. The smallest absolute Gasteiger partial charge is 0.0351 e. The molecule has 1 aliphatic carbocycles. The summed E-state index contributed by atoms with van der Waals surface area (Å²) in [4.78, 5) is 0. The summed E-state index contributed by atoms with van der Waals surface area (Å²) in [7, 11) is 0. The van der Waals surface area contributed by atoms with E-state index in [1.54, 1.807) is 0 Å². The SMILES string of the molecule is C1=CCCCC1.Cl. The fourth-order valence-electron chi connectivity index (χ4n) is 0.760. The number of allylic oxidation sites excluding steroid dienone is 2. The average Bonchev–Trinajstić information content (AvgIpc) is 1.72. The molecule has 0 fully saturated rings. The molecule has 0 aromatic heterocycles. The van der Waals surface area contributed by atoms with Crippen LogP contribution >= 0.6 is 12.4 Å². The third-order valence-corrected chi connectivity index (χ3v) is 1.16. The highest BCUT2D eigenvalue weighted by Gasteiger charge is 1.87. The number of rotatable bonds is 0. The van der Waals surface area contributed by atoms with Crippen LogP contribution < -0.4 is 0 Å². The Labute approximate surface area is 51.0 Å². The molecule has 0 atom stereocenters. The maximum Gasteiger partial charge on any atom is -0.0351 e. The second kappa shape index (κ2) is 4.20. The fraction of sp³-hybridized carbons (Fsp3) is 0.667. The van der Waals surface area contributed by atoms with Crippen molar-refractivity contribution in [3.05, 3.63) is 12.2 Å². The van der Waals surface area contributed by atoms with Crippen molar-refractivity contribution in [1.29, 1.82) is 0 Å². The number of hydrogen-bond donors (Lipinski definition) is 0. The Kier molecular flexibility index (Phi) is 4.21. The average molecular weight is 119 g/mol. The van der Waals surface area contributed by atoms with Gasteiger partial charge in [-0.05, 0) is 25.7 Å². The molecule has 0 spiro atoms. The monoisotopic (exact) mass is 118 g/mol. The first-order valence-electron chi connectivity index (χ1n) is 2.65. The van der Waals surface area contributed by atoms with Crippen LogP contribution in [0.1, 0.15) is 25.7 Å². The van der Waals surface area contributed by atoms with Gasteiger partial charge in [0.15, 0.2) is 0 Å². The third-order valence-electron chi connectivity index (χ3n) is 1.16. The Balaban J connectivity index is 0.000000360. The summed E-state index contributed by atoms with van der Waals surface area (Å²) in [6.07, 6.45) is 10.0. The summed E-state index contributed by atoms with van der Waals surface area (Å²) in [6.45, 7) is 0. The molecule has 0 unspecified atom stereocenters. The molecular formula is C6H11Cl. The van der Waals surface area contributed by atoms with E-state index in [1.165, 1.54) is 25.7 Å². The van der Waals surface area contributed by atoms with Crippen LogP contribution in [0.25, 0.3) is 0 Å². The second-order valence-electron chi connectivity index (χ2n) is 1.76. The third kappa shape index (κ3) is 2.69. The standard InChI is InChI=1S/C6H10.ClH/c1-2-4-6-5-3-1;/h1-2H,3-6H2;1H. The Morgan fingerprint density at radius 2 is 1.29 bits per heavy atom. The molecule has 0 aliphatic heterocycles. The Hall–Kier alpha value is 0.0300. The van der Waals surface area contributed by atoms with E-state index < -0.39 is 0 Å². The van der Waals surface area contributed by atoms with Crippen molar-refractivity contribution in [1.82, 2.24) is 0 Å². The van der Waals surface area contributed by atoms with Crippen LogP contribution in [0.2, 0.25) is 0 Å². The lowest BCUT2D eigenvalue weighted by Crippen LogP contribution is -1.77. The lowest BCUT2D eigenvalue weighted by atomic mass is 10.1. The van der Waals surface area contributed by atoms with Crippen LogP contribution in [0.4, 0.5) is 0 Å². The molecule has 1 rings (SSSR count). The van der Waals surface area contributed by atoms with E-state index in [4.69, 9.17) is 0 Å². The molecule has 7 heavy (non-hydrogen) atoms. The Bertz CT molecular complexity index is 49.2. The van der Waals surface area contributed by atoms with Crippen molar-refractivity contribution in [2.75, 3.05) is 0 Å². The van der Waals surface area contributed by atoms with Crippen molar-refractivity contribution in [3.8, 4) is 0 Å². The van der Waals surface area contributed by atoms with Gasteiger partial charge in [0, 0.05) is 0 Å². The highest BCUT2D eigenvalue weighted by molar-refractivity contribution is 5.85. The zero-order valence-corrected chi connectivity index (χ0v) is 5.21. The van der Waals surface area contributed by atoms with Crippen LogP contribution in [-0.2, 0) is 0 Å². The molecule has 0 saturated carbocycles. The zero-order chi connectivity index (χ0) is 4.24. The van der Waals surface area contributed by atoms with Crippen molar-refractivity contribution >= 4 is 12.4 Å². The number of hydrogen-bond acceptors (Lipinski definition) is 0. The minimum Gasteiger partial charge on any atom is -0.147 e. The van der Waals surface area contributed by atoms with Gasteiger partial charge in [-0.2, -0.15) is 0 Å². The number of halogens is 1. The van der Waals surface area contributed by atoms with Gasteiger partial charge in [0.2, 0.25) is 0 Å². The second-order valence-corrected chi connectivity index (χ2v) is 1.76. The van der Waals surface area contributed by atoms with E-state index in [-0.39, 0.29) is 12.4 Å². The normalized spacial score (nSPS) is 18.3. The fourth-order valence-corrected chi connectivity index (χ4v) is 0.760. The highest BCUT2D eigenvalue weighted by Crippen LogP contribution is 2.07. The van der Waals surface area contributed by atoms with Crippen molar-refractivity contribution in [3.63, 3.8) is 0 Å². The minimum atomic E-state index is 0. The summed E-state index contributed by atoms with van der Waals surface area (Å²) in [6, 6.07) is 0. The quantitative estimate of drug-likeness (QED) is 0.429. The molecule has 0 radical (unpaired) electrons. The lowest BCUT2D eigenvalue weighted by molar-refractivity contribution is 0.730. The van der Waals surface area contributed by atoms with Gasteiger partial charge in [-0.25, -0.2) is 0 Å². The largest absolute Gasteiger partial charge is 0.147 e. The van der Waals surface area contributed by atoms with Gasteiger partial charge in [-0.3, -0.25) is 0 Å². The van der Waals surface area contributed by atoms with Gasteiger partial charge in [0.05, 0.1) is 0 Å². The minimum absolute atomic E-state index is 0. The topological polar surface area (TPSA) is 0 Å². The maximum absolute atomic E-state index is 2.27. The van der Waals surface area contributed by atoms with E-state index in [1.807, 2.05) is 0 Å². The highest BCUT2D eigenvalue weighted by atomic mass is 35.5. The molecule has 0 amide bonds. The first-order valence-corrected chi connectivity index (χ1v) is 2.65. The van der Waals surface area contributed by atoms with Gasteiger partial charge in [-0.15, -0.1) is 12.4 Å². The first kappa shape index (κ1) is 7.03. The van der Waals surface area contributed by atoms with Gasteiger partial charge in [-0.1, -0.05) is 12.2 Å². The van der Waals surface area contributed by atoms with Crippen molar-refractivity contribution in [2.45, 2.75) is 25.7 Å². The van der Waals surface area contributed by atoms with Crippen LogP contribution in [0.3, 0.4) is 0 Å². The molecule has 0 N–H and O–H groups in total. The van der Waals surface area contributed by atoms with Gasteiger partial charge >= 0.3 is 0 Å². The lowest BCUT2D eigenvalue weighted by Gasteiger charge is -1.97. The summed E-state index contributed by atoms with van der Waals surface area (Å²) in [5, 5.41) is 0. The van der Waals surface area contributed by atoms with Crippen LogP contribution in [0.15, 0.2) is 12.2 Å². The summed E-state index contributed by atoms with van der Waals surface area (Å²) in [5.41, 5.74) is 0. The van der Waals surface area contributed by atoms with Gasteiger partial charge < -0.3 is 0 Å². The van der Waals surface area contributed by atoms with Crippen molar-refractivity contribution < 1.29 is 0 Å². The van der Waals surface area contributed by atoms with Crippen LogP contribution in [0.5, 0.6) is 0 Å². The van der Waals surface area contributed by atoms with E-state index in [2.05, 4.69) is 12.2 Å². The molecular weight excluding hydrogens is 108 g/mol. The van der Waals surface area contributed by atoms with E-state index in [9.17, 15) is 0 Å². The van der Waals surface area contributed by atoms with E-state index in [0.29, 0.717) is 0 Å². The molecule has 0 nitrogen and oxygen atoms in total. The molecule has 0 aromatic carbocycles. The molecule has 0 bridgehead atoms. The predicted octanol–water partition coefficient (Wildman–Crippen LogP) is 2.54. The van der Waals surface area contributed by atoms with Crippen LogP contribution in [0, 0.1) is 0 Å². The Morgan fingerprint density at radius 3 is 1.43 bits per heavy atom. The van der Waals surface area contributed by atoms with E-state index >= 15 is 0 Å². The zero-order valence-electron chi connectivity index (χ0n) is 4.39. The maximum atomic E-state index is 2.27. The van der Waals surface area contributed by atoms with Gasteiger partial charge in [0.25, 0.3) is 0 Å². The molecule has 0 saturated heterocycles.